The zero-order valence-corrected chi connectivity index (χ0v) is 12.7. The molecule has 0 radical (unpaired) electrons. The number of hydrogen-bond donors (Lipinski definition) is 1. The second-order valence-electron chi connectivity index (χ2n) is 4.23. The molecule has 0 aliphatic carbocycles. The molecule has 2 rings (SSSR count). The molecule has 1 N–H and O–H groups in total. The first-order valence-corrected chi connectivity index (χ1v) is 7.06. The summed E-state index contributed by atoms with van der Waals surface area (Å²) < 4.78 is 0.717. The van der Waals surface area contributed by atoms with Crippen LogP contribution in [0, 0.1) is 0 Å². The monoisotopic (exact) mass is 337 g/mol. The molecule has 0 saturated carbocycles. The van der Waals surface area contributed by atoms with Crippen LogP contribution in [0.1, 0.15) is 28.9 Å². The Balaban J connectivity index is 2.11. The van der Waals surface area contributed by atoms with Gasteiger partial charge in [-0.2, -0.15) is 0 Å². The largest absolute Gasteiger partial charge is 0.346 e. The first kappa shape index (κ1) is 14.1. The first-order valence-electron chi connectivity index (χ1n) is 5.89. The van der Waals surface area contributed by atoms with Crippen LogP contribution < -0.4 is 5.32 Å². The maximum absolute atomic E-state index is 12.1. The molecule has 1 atom stereocenters. The molecule has 0 spiro atoms. The van der Waals surface area contributed by atoms with E-state index in [2.05, 4.69) is 21.2 Å². The van der Waals surface area contributed by atoms with Crippen molar-refractivity contribution in [1.82, 2.24) is 5.32 Å². The Labute approximate surface area is 125 Å². The van der Waals surface area contributed by atoms with Gasteiger partial charge < -0.3 is 5.32 Å². The molecule has 0 aliphatic heterocycles. The minimum Gasteiger partial charge on any atom is -0.346 e. The fraction of sp³-hybridized carbons (Fsp3) is 0.133. The third-order valence-corrected chi connectivity index (χ3v) is 4.04. The number of rotatable bonds is 3. The lowest BCUT2D eigenvalue weighted by Crippen LogP contribution is -2.26. The summed E-state index contributed by atoms with van der Waals surface area (Å²) in [7, 11) is 0. The first-order chi connectivity index (χ1) is 9.08. The SMILES string of the molecule is C[C@@H](NC(=O)c1ccc(Cl)c(Br)c1)c1ccccc1. The summed E-state index contributed by atoms with van der Waals surface area (Å²) in [5, 5.41) is 3.55. The zero-order chi connectivity index (χ0) is 13.8. The van der Waals surface area contributed by atoms with Gasteiger partial charge >= 0.3 is 0 Å². The van der Waals surface area contributed by atoms with Crippen molar-refractivity contribution >= 4 is 33.4 Å². The highest BCUT2D eigenvalue weighted by Gasteiger charge is 2.12. The lowest BCUT2D eigenvalue weighted by Gasteiger charge is -2.14. The van der Waals surface area contributed by atoms with Crippen molar-refractivity contribution in [3.8, 4) is 0 Å². The molecule has 2 aromatic carbocycles. The molecule has 19 heavy (non-hydrogen) atoms. The van der Waals surface area contributed by atoms with Crippen LogP contribution in [0.25, 0.3) is 0 Å². The van der Waals surface area contributed by atoms with Crippen molar-refractivity contribution in [3.05, 3.63) is 69.2 Å². The number of carbonyl (C=O) groups is 1. The number of halogens is 2. The number of nitrogens with one attached hydrogen (secondary N) is 1. The predicted molar refractivity (Wildman–Crippen MR) is 81.5 cm³/mol. The standard InChI is InChI=1S/C15H13BrClNO/c1-10(11-5-3-2-4-6-11)18-15(19)12-7-8-14(17)13(16)9-12/h2-10H,1H3,(H,18,19)/t10-/m1/s1. The number of amides is 1. The van der Waals surface area contributed by atoms with Crippen molar-refractivity contribution in [2.24, 2.45) is 0 Å². The molecule has 0 heterocycles. The third kappa shape index (κ3) is 3.58. The molecule has 1 amide bonds. The Morgan fingerprint density at radius 2 is 1.89 bits per heavy atom. The highest BCUT2D eigenvalue weighted by molar-refractivity contribution is 9.10. The van der Waals surface area contributed by atoms with E-state index in [1.54, 1.807) is 18.2 Å². The Kier molecular flexibility index (Phi) is 4.61. The van der Waals surface area contributed by atoms with Gasteiger partial charge in [0.2, 0.25) is 0 Å². The molecule has 4 heteroatoms. The molecule has 0 aliphatic rings. The van der Waals surface area contributed by atoms with Crippen molar-refractivity contribution in [3.63, 3.8) is 0 Å². The van der Waals surface area contributed by atoms with Crippen LogP contribution >= 0.6 is 27.5 Å². The van der Waals surface area contributed by atoms with Crippen LogP contribution in [0.5, 0.6) is 0 Å². The molecule has 0 saturated heterocycles. The number of hydrogen-bond acceptors (Lipinski definition) is 1. The Bertz CT molecular complexity index is 586. The number of carbonyl (C=O) groups excluding carboxylic acids is 1. The summed E-state index contributed by atoms with van der Waals surface area (Å²) in [5.41, 5.74) is 1.66. The van der Waals surface area contributed by atoms with Crippen LogP contribution in [0.2, 0.25) is 5.02 Å². The summed E-state index contributed by atoms with van der Waals surface area (Å²) in [5.74, 6) is -0.117. The quantitative estimate of drug-likeness (QED) is 0.871. The van der Waals surface area contributed by atoms with Gasteiger partial charge in [-0.25, -0.2) is 0 Å². The highest BCUT2D eigenvalue weighted by atomic mass is 79.9. The molecule has 2 nitrogen and oxygen atoms in total. The second-order valence-corrected chi connectivity index (χ2v) is 5.50. The second kappa shape index (κ2) is 6.22. The molecule has 98 valence electrons. The average molecular weight is 339 g/mol. The minimum atomic E-state index is -0.117. The van der Waals surface area contributed by atoms with Gasteiger partial charge in [0.25, 0.3) is 5.91 Å². The van der Waals surface area contributed by atoms with Crippen LogP contribution in [-0.2, 0) is 0 Å². The molecule has 0 fully saturated rings. The van der Waals surface area contributed by atoms with E-state index in [0.717, 1.165) is 5.56 Å². The summed E-state index contributed by atoms with van der Waals surface area (Å²) >= 11 is 9.22. The van der Waals surface area contributed by atoms with Gasteiger partial charge in [0, 0.05) is 10.0 Å². The summed E-state index contributed by atoms with van der Waals surface area (Å²) in [6.45, 7) is 1.96. The van der Waals surface area contributed by atoms with E-state index in [1.165, 1.54) is 0 Å². The minimum absolute atomic E-state index is 0.0387. The van der Waals surface area contributed by atoms with E-state index in [4.69, 9.17) is 11.6 Å². The predicted octanol–water partition coefficient (Wildman–Crippen LogP) is 4.59. The van der Waals surface area contributed by atoms with Crippen LogP contribution in [-0.4, -0.2) is 5.91 Å². The van der Waals surface area contributed by atoms with Gasteiger partial charge in [-0.15, -0.1) is 0 Å². The van der Waals surface area contributed by atoms with E-state index in [9.17, 15) is 4.79 Å². The molecular weight excluding hydrogens is 326 g/mol. The van der Waals surface area contributed by atoms with Crippen LogP contribution in [0.4, 0.5) is 0 Å². The lowest BCUT2D eigenvalue weighted by atomic mass is 10.1. The third-order valence-electron chi connectivity index (χ3n) is 2.83. The topological polar surface area (TPSA) is 29.1 Å². The van der Waals surface area contributed by atoms with Crippen molar-refractivity contribution < 1.29 is 4.79 Å². The van der Waals surface area contributed by atoms with Gasteiger partial charge in [0.15, 0.2) is 0 Å². The highest BCUT2D eigenvalue weighted by Crippen LogP contribution is 2.23. The number of benzene rings is 2. The molecule has 0 bridgehead atoms. The van der Waals surface area contributed by atoms with Crippen molar-refractivity contribution in [2.45, 2.75) is 13.0 Å². The van der Waals surface area contributed by atoms with Crippen LogP contribution in [0.3, 0.4) is 0 Å². The molecule has 0 aromatic heterocycles. The van der Waals surface area contributed by atoms with E-state index >= 15 is 0 Å². The smallest absolute Gasteiger partial charge is 0.251 e. The molecular formula is C15H13BrClNO. The lowest BCUT2D eigenvalue weighted by molar-refractivity contribution is 0.0940. The summed E-state index contributed by atoms with van der Waals surface area (Å²) in [6.07, 6.45) is 0. The van der Waals surface area contributed by atoms with Gasteiger partial charge in [-0.3, -0.25) is 4.79 Å². The van der Waals surface area contributed by atoms with Crippen LogP contribution in [0.15, 0.2) is 53.0 Å². The summed E-state index contributed by atoms with van der Waals surface area (Å²) in [6, 6.07) is 14.9. The summed E-state index contributed by atoms with van der Waals surface area (Å²) in [4.78, 5) is 12.1. The maximum atomic E-state index is 12.1. The van der Waals surface area contributed by atoms with Crippen molar-refractivity contribution in [1.29, 1.82) is 0 Å². The van der Waals surface area contributed by atoms with Gasteiger partial charge in [0.1, 0.15) is 0 Å². The van der Waals surface area contributed by atoms with E-state index in [0.29, 0.717) is 15.1 Å². The Hall–Kier alpha value is -1.32. The molecule has 2 aromatic rings. The zero-order valence-electron chi connectivity index (χ0n) is 10.4. The van der Waals surface area contributed by atoms with E-state index in [-0.39, 0.29) is 11.9 Å². The van der Waals surface area contributed by atoms with Gasteiger partial charge in [-0.1, -0.05) is 41.9 Å². The maximum Gasteiger partial charge on any atom is 0.251 e. The fourth-order valence-electron chi connectivity index (χ4n) is 1.74. The average Bonchev–Trinajstić information content (AvgIpc) is 2.42. The fourth-order valence-corrected chi connectivity index (χ4v) is 2.24. The van der Waals surface area contributed by atoms with E-state index < -0.39 is 0 Å². The van der Waals surface area contributed by atoms with Gasteiger partial charge in [-0.05, 0) is 46.6 Å². The normalized spacial score (nSPS) is 11.9. The van der Waals surface area contributed by atoms with Crippen molar-refractivity contribution in [2.75, 3.05) is 0 Å². The molecule has 0 unspecified atom stereocenters. The van der Waals surface area contributed by atoms with E-state index in [1.807, 2.05) is 37.3 Å². The Morgan fingerprint density at radius 1 is 1.21 bits per heavy atom. The Morgan fingerprint density at radius 3 is 2.53 bits per heavy atom. The van der Waals surface area contributed by atoms with Gasteiger partial charge in [0.05, 0.1) is 11.1 Å².